The maximum absolute atomic E-state index is 12.4. The van der Waals surface area contributed by atoms with E-state index in [4.69, 9.17) is 0 Å². The van der Waals surface area contributed by atoms with Gasteiger partial charge in [0.05, 0.1) is 12.2 Å². The Kier molecular flexibility index (Phi) is 5.93. The number of amides is 2. The van der Waals surface area contributed by atoms with Gasteiger partial charge in [0, 0.05) is 36.6 Å². The van der Waals surface area contributed by atoms with Gasteiger partial charge in [0.2, 0.25) is 0 Å². The minimum Gasteiger partial charge on any atom is -0.324 e. The standard InChI is InChI=1S/C20H29N5O/c1-15-13-17(3)25(23-15)14-16(2)21-19-9-11-24(12-10-19)20(26)22-18-7-5-4-6-8-18/h4-8,13,16,19,21H,9-12,14H2,1-3H3,(H,22,26)/t16-/m1/s1. The van der Waals surface area contributed by atoms with Crippen LogP contribution in [0.5, 0.6) is 0 Å². The first kappa shape index (κ1) is 18.5. The number of carbonyl (C=O) groups is 1. The van der Waals surface area contributed by atoms with Crippen molar-refractivity contribution in [3.63, 3.8) is 0 Å². The van der Waals surface area contributed by atoms with E-state index >= 15 is 0 Å². The Hall–Kier alpha value is -2.34. The number of para-hydroxylation sites is 1. The van der Waals surface area contributed by atoms with Gasteiger partial charge in [-0.05, 0) is 51.8 Å². The maximum atomic E-state index is 12.4. The molecule has 0 aliphatic carbocycles. The fraction of sp³-hybridized carbons (Fsp3) is 0.500. The van der Waals surface area contributed by atoms with Crippen molar-refractivity contribution >= 4 is 11.7 Å². The highest BCUT2D eigenvalue weighted by Crippen LogP contribution is 2.14. The van der Waals surface area contributed by atoms with Crippen LogP contribution in [0.3, 0.4) is 0 Å². The van der Waals surface area contributed by atoms with Crippen LogP contribution in [0.1, 0.15) is 31.2 Å². The molecule has 2 amide bonds. The van der Waals surface area contributed by atoms with Crippen molar-refractivity contribution in [3.05, 3.63) is 47.8 Å². The first-order chi connectivity index (χ1) is 12.5. The molecule has 140 valence electrons. The number of likely N-dealkylation sites (tertiary alicyclic amines) is 1. The lowest BCUT2D eigenvalue weighted by Gasteiger charge is -2.34. The molecule has 0 radical (unpaired) electrons. The van der Waals surface area contributed by atoms with Gasteiger partial charge in [0.15, 0.2) is 0 Å². The van der Waals surface area contributed by atoms with Crippen molar-refractivity contribution in [2.45, 2.75) is 52.2 Å². The molecule has 1 aliphatic heterocycles. The Morgan fingerprint density at radius 3 is 2.54 bits per heavy atom. The highest BCUT2D eigenvalue weighted by molar-refractivity contribution is 5.89. The smallest absolute Gasteiger partial charge is 0.321 e. The third kappa shape index (κ3) is 4.85. The molecular formula is C20H29N5O. The second-order valence-electron chi connectivity index (χ2n) is 7.23. The van der Waals surface area contributed by atoms with E-state index in [0.717, 1.165) is 43.9 Å². The maximum Gasteiger partial charge on any atom is 0.321 e. The van der Waals surface area contributed by atoms with Crippen molar-refractivity contribution in [2.24, 2.45) is 0 Å². The first-order valence-electron chi connectivity index (χ1n) is 9.39. The minimum absolute atomic E-state index is 0.00894. The van der Waals surface area contributed by atoms with Crippen LogP contribution in [-0.4, -0.2) is 45.9 Å². The molecule has 0 bridgehead atoms. The molecule has 1 saturated heterocycles. The summed E-state index contributed by atoms with van der Waals surface area (Å²) in [5.41, 5.74) is 3.10. The molecule has 0 saturated carbocycles. The average molecular weight is 355 g/mol. The molecule has 6 nitrogen and oxygen atoms in total. The lowest BCUT2D eigenvalue weighted by atomic mass is 10.0. The van der Waals surface area contributed by atoms with E-state index in [0.29, 0.717) is 12.1 Å². The van der Waals surface area contributed by atoms with Crippen LogP contribution < -0.4 is 10.6 Å². The van der Waals surface area contributed by atoms with Crippen LogP contribution in [0.4, 0.5) is 10.5 Å². The number of carbonyl (C=O) groups excluding carboxylic acids is 1. The summed E-state index contributed by atoms with van der Waals surface area (Å²) >= 11 is 0. The topological polar surface area (TPSA) is 62.2 Å². The summed E-state index contributed by atoms with van der Waals surface area (Å²) in [4.78, 5) is 14.3. The number of anilines is 1. The predicted molar refractivity (Wildman–Crippen MR) is 104 cm³/mol. The summed E-state index contributed by atoms with van der Waals surface area (Å²) in [6.45, 7) is 8.75. The number of nitrogens with one attached hydrogen (secondary N) is 2. The van der Waals surface area contributed by atoms with Gasteiger partial charge in [0.25, 0.3) is 0 Å². The second kappa shape index (κ2) is 8.36. The summed E-state index contributed by atoms with van der Waals surface area (Å²) < 4.78 is 2.06. The number of urea groups is 1. The van der Waals surface area contributed by atoms with E-state index in [1.807, 2.05) is 42.2 Å². The van der Waals surface area contributed by atoms with E-state index in [1.54, 1.807) is 0 Å². The second-order valence-corrected chi connectivity index (χ2v) is 7.23. The Morgan fingerprint density at radius 1 is 1.23 bits per heavy atom. The predicted octanol–water partition coefficient (Wildman–Crippen LogP) is 3.17. The third-order valence-electron chi connectivity index (χ3n) is 4.88. The number of hydrogen-bond donors (Lipinski definition) is 2. The molecule has 1 atom stereocenters. The quantitative estimate of drug-likeness (QED) is 0.866. The van der Waals surface area contributed by atoms with E-state index in [-0.39, 0.29) is 6.03 Å². The van der Waals surface area contributed by atoms with E-state index in [2.05, 4.69) is 40.3 Å². The molecular weight excluding hydrogens is 326 g/mol. The van der Waals surface area contributed by atoms with Gasteiger partial charge < -0.3 is 15.5 Å². The van der Waals surface area contributed by atoms with Gasteiger partial charge in [-0.1, -0.05) is 18.2 Å². The number of nitrogens with zero attached hydrogens (tertiary/aromatic N) is 3. The fourth-order valence-corrected chi connectivity index (χ4v) is 3.55. The Balaban J connectivity index is 1.43. The summed E-state index contributed by atoms with van der Waals surface area (Å²) in [6, 6.07) is 12.5. The van der Waals surface area contributed by atoms with Gasteiger partial charge in [-0.25, -0.2) is 4.79 Å². The van der Waals surface area contributed by atoms with Crippen LogP contribution in [0.25, 0.3) is 0 Å². The molecule has 2 N–H and O–H groups in total. The third-order valence-corrected chi connectivity index (χ3v) is 4.88. The molecule has 1 aromatic heterocycles. The normalized spacial score (nSPS) is 16.5. The molecule has 1 fully saturated rings. The highest BCUT2D eigenvalue weighted by atomic mass is 16.2. The number of hydrogen-bond acceptors (Lipinski definition) is 3. The monoisotopic (exact) mass is 355 g/mol. The molecule has 6 heteroatoms. The molecule has 2 aromatic rings. The van der Waals surface area contributed by atoms with Gasteiger partial charge in [-0.15, -0.1) is 0 Å². The zero-order valence-electron chi connectivity index (χ0n) is 15.9. The minimum atomic E-state index is -0.00894. The van der Waals surface area contributed by atoms with E-state index in [9.17, 15) is 4.79 Å². The Bertz CT molecular complexity index is 719. The molecule has 1 aliphatic rings. The van der Waals surface area contributed by atoms with Gasteiger partial charge in [-0.2, -0.15) is 5.10 Å². The zero-order chi connectivity index (χ0) is 18.5. The number of benzene rings is 1. The molecule has 2 heterocycles. The molecule has 26 heavy (non-hydrogen) atoms. The molecule has 1 aromatic carbocycles. The molecule has 3 rings (SSSR count). The summed E-state index contributed by atoms with van der Waals surface area (Å²) in [5, 5.41) is 11.2. The lowest BCUT2D eigenvalue weighted by Crippen LogP contribution is -2.49. The van der Waals surface area contributed by atoms with Crippen LogP contribution in [0.2, 0.25) is 0 Å². The molecule has 0 unspecified atom stereocenters. The number of aromatic nitrogens is 2. The Morgan fingerprint density at radius 2 is 1.92 bits per heavy atom. The summed E-state index contributed by atoms with van der Waals surface area (Å²) in [5.74, 6) is 0. The number of piperidine rings is 1. The van der Waals surface area contributed by atoms with Crippen molar-refractivity contribution in [3.8, 4) is 0 Å². The zero-order valence-corrected chi connectivity index (χ0v) is 15.9. The summed E-state index contributed by atoms with van der Waals surface area (Å²) in [6.07, 6.45) is 1.95. The number of rotatable bonds is 5. The van der Waals surface area contributed by atoms with E-state index < -0.39 is 0 Å². The molecule has 0 spiro atoms. The first-order valence-corrected chi connectivity index (χ1v) is 9.39. The summed E-state index contributed by atoms with van der Waals surface area (Å²) in [7, 11) is 0. The lowest BCUT2D eigenvalue weighted by molar-refractivity contribution is 0.185. The van der Waals surface area contributed by atoms with Gasteiger partial charge in [-0.3, -0.25) is 4.68 Å². The number of aryl methyl sites for hydroxylation is 2. The van der Waals surface area contributed by atoms with Gasteiger partial charge >= 0.3 is 6.03 Å². The van der Waals surface area contributed by atoms with E-state index in [1.165, 1.54) is 5.69 Å². The fourth-order valence-electron chi connectivity index (χ4n) is 3.55. The SMILES string of the molecule is Cc1cc(C)n(C[C@@H](C)NC2CCN(C(=O)Nc3ccccc3)CC2)n1. The van der Waals surface area contributed by atoms with Crippen molar-refractivity contribution in [2.75, 3.05) is 18.4 Å². The highest BCUT2D eigenvalue weighted by Gasteiger charge is 2.23. The van der Waals surface area contributed by atoms with Crippen molar-refractivity contribution in [1.29, 1.82) is 0 Å². The average Bonchev–Trinajstić information content (AvgIpc) is 2.93. The van der Waals surface area contributed by atoms with Crippen LogP contribution in [0, 0.1) is 13.8 Å². The van der Waals surface area contributed by atoms with Crippen molar-refractivity contribution in [1.82, 2.24) is 20.0 Å². The Labute approximate surface area is 155 Å². The van der Waals surface area contributed by atoms with Gasteiger partial charge in [0.1, 0.15) is 0 Å². The van der Waals surface area contributed by atoms with Crippen LogP contribution in [0.15, 0.2) is 36.4 Å². The van der Waals surface area contributed by atoms with Crippen molar-refractivity contribution < 1.29 is 4.79 Å². The van der Waals surface area contributed by atoms with Crippen LogP contribution in [-0.2, 0) is 6.54 Å². The largest absolute Gasteiger partial charge is 0.324 e. The van der Waals surface area contributed by atoms with Crippen LogP contribution >= 0.6 is 0 Å².